The summed E-state index contributed by atoms with van der Waals surface area (Å²) in [5.41, 5.74) is -0.944. The molecule has 0 radical (unpaired) electrons. The van der Waals surface area contributed by atoms with Gasteiger partial charge in [0.05, 0.1) is 6.54 Å². The fourth-order valence-corrected chi connectivity index (χ4v) is 3.87. The third kappa shape index (κ3) is 4.68. The van der Waals surface area contributed by atoms with Crippen LogP contribution in [-0.2, 0) is 23.9 Å². The van der Waals surface area contributed by atoms with Gasteiger partial charge in [0.2, 0.25) is 5.91 Å². The highest BCUT2D eigenvalue weighted by Crippen LogP contribution is 2.38. The number of imide groups is 1. The normalized spacial score (nSPS) is 26.3. The summed E-state index contributed by atoms with van der Waals surface area (Å²) in [5, 5.41) is 5.52. The van der Waals surface area contributed by atoms with Crippen molar-refractivity contribution in [2.45, 2.75) is 57.0 Å². The number of esters is 1. The van der Waals surface area contributed by atoms with Crippen molar-refractivity contribution in [2.75, 3.05) is 26.7 Å². The molecular weight excluding hydrogens is 380 g/mol. The predicted molar refractivity (Wildman–Crippen MR) is 100 cm³/mol. The SMILES string of the molecule is C[C@H]1CCCC[C@@]12NC(=O)N(CC(=O)OCC(=O)N(C)CC(=O)NC1CC1)C2=O. The van der Waals surface area contributed by atoms with Crippen molar-refractivity contribution in [3.8, 4) is 0 Å². The molecule has 0 aromatic rings. The third-order valence-corrected chi connectivity index (χ3v) is 5.89. The Hall–Kier alpha value is -2.65. The first kappa shape index (κ1) is 21.1. The lowest BCUT2D eigenvalue weighted by atomic mass is 9.73. The zero-order valence-corrected chi connectivity index (χ0v) is 16.9. The molecule has 1 heterocycles. The molecule has 3 fully saturated rings. The van der Waals surface area contributed by atoms with Gasteiger partial charge in [0.25, 0.3) is 11.8 Å². The van der Waals surface area contributed by atoms with Gasteiger partial charge in [-0.2, -0.15) is 0 Å². The van der Waals surface area contributed by atoms with Crippen molar-refractivity contribution in [3.63, 3.8) is 0 Å². The van der Waals surface area contributed by atoms with Gasteiger partial charge in [0, 0.05) is 13.1 Å². The molecule has 2 saturated carbocycles. The topological polar surface area (TPSA) is 125 Å². The van der Waals surface area contributed by atoms with E-state index in [-0.39, 0.29) is 24.4 Å². The highest BCUT2D eigenvalue weighted by Gasteiger charge is 2.55. The molecule has 0 aromatic heterocycles. The fourth-order valence-electron chi connectivity index (χ4n) is 3.87. The van der Waals surface area contributed by atoms with Gasteiger partial charge in [-0.25, -0.2) is 4.79 Å². The minimum absolute atomic E-state index is 0.00858. The second kappa shape index (κ2) is 8.38. The summed E-state index contributed by atoms with van der Waals surface area (Å²) >= 11 is 0. The molecule has 1 spiro atoms. The number of hydrogen-bond acceptors (Lipinski definition) is 6. The molecule has 5 amide bonds. The summed E-state index contributed by atoms with van der Waals surface area (Å²) < 4.78 is 4.93. The first-order valence-electron chi connectivity index (χ1n) is 10.1. The number of rotatable bonds is 7. The Morgan fingerprint density at radius 3 is 2.62 bits per heavy atom. The smallest absolute Gasteiger partial charge is 0.326 e. The van der Waals surface area contributed by atoms with E-state index in [1.807, 2.05) is 6.92 Å². The number of carbonyl (C=O) groups excluding carboxylic acids is 5. The molecule has 3 rings (SSSR count). The summed E-state index contributed by atoms with van der Waals surface area (Å²) in [6, 6.07) is -0.413. The Morgan fingerprint density at radius 2 is 1.97 bits per heavy atom. The van der Waals surface area contributed by atoms with E-state index in [1.165, 1.54) is 7.05 Å². The molecule has 2 aliphatic carbocycles. The summed E-state index contributed by atoms with van der Waals surface area (Å²) in [7, 11) is 1.44. The molecule has 160 valence electrons. The average molecular weight is 408 g/mol. The van der Waals surface area contributed by atoms with E-state index >= 15 is 0 Å². The number of urea groups is 1. The number of amides is 5. The van der Waals surface area contributed by atoms with Gasteiger partial charge in [0.1, 0.15) is 12.1 Å². The molecule has 0 unspecified atom stereocenters. The molecule has 10 heteroatoms. The highest BCUT2D eigenvalue weighted by atomic mass is 16.5. The molecule has 2 N–H and O–H groups in total. The molecule has 2 atom stereocenters. The number of nitrogens with zero attached hydrogens (tertiary/aromatic N) is 2. The minimum atomic E-state index is -0.944. The Morgan fingerprint density at radius 1 is 1.24 bits per heavy atom. The van der Waals surface area contributed by atoms with E-state index in [0.717, 1.165) is 41.9 Å². The van der Waals surface area contributed by atoms with Crippen molar-refractivity contribution < 1.29 is 28.7 Å². The number of hydrogen-bond donors (Lipinski definition) is 2. The monoisotopic (exact) mass is 408 g/mol. The first-order chi connectivity index (χ1) is 13.7. The van der Waals surface area contributed by atoms with Crippen LogP contribution >= 0.6 is 0 Å². The Bertz CT molecular complexity index is 721. The maximum absolute atomic E-state index is 12.8. The first-order valence-corrected chi connectivity index (χ1v) is 10.1. The van der Waals surface area contributed by atoms with Crippen LogP contribution in [0.2, 0.25) is 0 Å². The van der Waals surface area contributed by atoms with E-state index in [9.17, 15) is 24.0 Å². The van der Waals surface area contributed by atoms with Gasteiger partial charge in [-0.3, -0.25) is 24.1 Å². The summed E-state index contributed by atoms with van der Waals surface area (Å²) in [6.45, 7) is 0.697. The van der Waals surface area contributed by atoms with E-state index in [2.05, 4.69) is 10.6 Å². The molecule has 10 nitrogen and oxygen atoms in total. The Balaban J connectivity index is 1.46. The van der Waals surface area contributed by atoms with Crippen LogP contribution in [0, 0.1) is 5.92 Å². The molecule has 1 saturated heterocycles. The summed E-state index contributed by atoms with van der Waals surface area (Å²) in [6.07, 6.45) is 5.12. The summed E-state index contributed by atoms with van der Waals surface area (Å²) in [4.78, 5) is 63.0. The van der Waals surface area contributed by atoms with Crippen LogP contribution in [0.3, 0.4) is 0 Å². The number of ether oxygens (including phenoxy) is 1. The van der Waals surface area contributed by atoms with Gasteiger partial charge in [0.15, 0.2) is 6.61 Å². The Labute approximate surface area is 169 Å². The van der Waals surface area contributed by atoms with Gasteiger partial charge >= 0.3 is 12.0 Å². The molecule has 3 aliphatic rings. The maximum atomic E-state index is 12.8. The summed E-state index contributed by atoms with van der Waals surface area (Å²) in [5.74, 6) is -2.07. The van der Waals surface area contributed by atoms with Gasteiger partial charge < -0.3 is 20.3 Å². The van der Waals surface area contributed by atoms with Crippen LogP contribution in [0.25, 0.3) is 0 Å². The van der Waals surface area contributed by atoms with Crippen LogP contribution in [0.5, 0.6) is 0 Å². The van der Waals surface area contributed by atoms with E-state index < -0.39 is 42.5 Å². The zero-order chi connectivity index (χ0) is 21.2. The van der Waals surface area contributed by atoms with Crippen molar-refractivity contribution >= 4 is 29.7 Å². The van der Waals surface area contributed by atoms with Crippen LogP contribution in [0.15, 0.2) is 0 Å². The Kier molecular flexibility index (Phi) is 6.09. The lowest BCUT2D eigenvalue weighted by Gasteiger charge is -2.36. The quantitative estimate of drug-likeness (QED) is 0.443. The van der Waals surface area contributed by atoms with Gasteiger partial charge in [-0.1, -0.05) is 19.8 Å². The van der Waals surface area contributed by atoms with Crippen molar-refractivity contribution in [3.05, 3.63) is 0 Å². The van der Waals surface area contributed by atoms with Crippen LogP contribution in [0.1, 0.15) is 45.4 Å². The van der Waals surface area contributed by atoms with Crippen LogP contribution in [0.4, 0.5) is 4.79 Å². The minimum Gasteiger partial charge on any atom is -0.454 e. The molecule has 0 bridgehead atoms. The van der Waals surface area contributed by atoms with Crippen molar-refractivity contribution in [1.82, 2.24) is 20.4 Å². The fraction of sp³-hybridized carbons (Fsp3) is 0.737. The molecule has 1 aliphatic heterocycles. The van der Waals surface area contributed by atoms with E-state index in [0.29, 0.717) is 6.42 Å². The lowest BCUT2D eigenvalue weighted by molar-refractivity contribution is -0.154. The van der Waals surface area contributed by atoms with E-state index in [4.69, 9.17) is 4.74 Å². The number of nitrogens with one attached hydrogen (secondary N) is 2. The molecule has 0 aromatic carbocycles. The lowest BCUT2D eigenvalue weighted by Crippen LogP contribution is -2.54. The zero-order valence-electron chi connectivity index (χ0n) is 16.9. The van der Waals surface area contributed by atoms with Crippen molar-refractivity contribution in [2.24, 2.45) is 5.92 Å². The van der Waals surface area contributed by atoms with Crippen LogP contribution in [-0.4, -0.2) is 77.8 Å². The van der Waals surface area contributed by atoms with E-state index in [1.54, 1.807) is 0 Å². The molecule has 29 heavy (non-hydrogen) atoms. The predicted octanol–water partition coefficient (Wildman–Crippen LogP) is -0.233. The standard InChI is InChI=1S/C19H28N4O6/c1-12-5-3-4-8-19(12)17(27)23(18(28)21-19)10-16(26)29-11-15(25)22(2)9-14(24)20-13-6-7-13/h12-13H,3-11H2,1-2H3,(H,20,24)(H,21,28)/t12-,19+/m0/s1. The highest BCUT2D eigenvalue weighted by molar-refractivity contribution is 6.09. The third-order valence-electron chi connectivity index (χ3n) is 5.89. The maximum Gasteiger partial charge on any atom is 0.326 e. The largest absolute Gasteiger partial charge is 0.454 e. The second-order valence-corrected chi connectivity index (χ2v) is 8.19. The van der Waals surface area contributed by atoms with Crippen molar-refractivity contribution in [1.29, 1.82) is 0 Å². The van der Waals surface area contributed by atoms with Gasteiger partial charge in [-0.15, -0.1) is 0 Å². The number of carbonyl (C=O) groups is 5. The average Bonchev–Trinajstić information content (AvgIpc) is 3.45. The van der Waals surface area contributed by atoms with Crippen LogP contribution < -0.4 is 10.6 Å². The molecular formula is C19H28N4O6. The second-order valence-electron chi connectivity index (χ2n) is 8.19. The van der Waals surface area contributed by atoms with Gasteiger partial charge in [-0.05, 0) is 31.6 Å². The number of likely N-dealkylation sites (N-methyl/N-ethyl adjacent to an activating group) is 1.